The maximum Gasteiger partial charge on any atom is 0.317 e. The quantitative estimate of drug-likeness (QED) is 0.698. The molecule has 0 aliphatic carbocycles. The number of carboxylic acids is 1. The van der Waals surface area contributed by atoms with E-state index in [0.29, 0.717) is 39.1 Å². The van der Waals surface area contributed by atoms with Gasteiger partial charge in [0.25, 0.3) is 0 Å². The fraction of sp³-hybridized carbons (Fsp3) is 0.857. The molecule has 6 heteroatoms. The molecule has 116 valence electrons. The number of hydrogen-bond donors (Lipinski definition) is 2. The lowest BCUT2D eigenvalue weighted by Gasteiger charge is -2.39. The van der Waals surface area contributed by atoms with Gasteiger partial charge in [-0.3, -0.25) is 4.79 Å². The highest BCUT2D eigenvalue weighted by molar-refractivity contribution is 5.78. The van der Waals surface area contributed by atoms with Gasteiger partial charge in [0.15, 0.2) is 0 Å². The predicted octanol–water partition coefficient (Wildman–Crippen LogP) is 1.70. The molecule has 1 heterocycles. The van der Waals surface area contributed by atoms with Crippen LogP contribution in [0, 0.1) is 5.41 Å². The first-order chi connectivity index (χ1) is 9.55. The van der Waals surface area contributed by atoms with Crippen LogP contribution in [0.25, 0.3) is 0 Å². The summed E-state index contributed by atoms with van der Waals surface area (Å²) in [4.78, 5) is 25.3. The number of likely N-dealkylation sites (tertiary alicyclic amines) is 1. The smallest absolute Gasteiger partial charge is 0.317 e. The molecule has 2 amide bonds. The van der Waals surface area contributed by atoms with Gasteiger partial charge in [-0.15, -0.1) is 0 Å². The maximum atomic E-state index is 12.1. The zero-order valence-corrected chi connectivity index (χ0v) is 12.5. The van der Waals surface area contributed by atoms with Gasteiger partial charge in [-0.05, 0) is 25.7 Å². The van der Waals surface area contributed by atoms with Crippen LogP contribution in [-0.4, -0.2) is 55.4 Å². The van der Waals surface area contributed by atoms with Crippen molar-refractivity contribution in [3.05, 3.63) is 0 Å². The van der Waals surface area contributed by atoms with E-state index in [4.69, 9.17) is 4.74 Å². The number of nitrogens with one attached hydrogen (secondary N) is 1. The van der Waals surface area contributed by atoms with Crippen LogP contribution in [-0.2, 0) is 9.53 Å². The molecule has 1 saturated heterocycles. The largest absolute Gasteiger partial charge is 0.481 e. The fourth-order valence-electron chi connectivity index (χ4n) is 2.79. The van der Waals surface area contributed by atoms with Gasteiger partial charge in [0.1, 0.15) is 0 Å². The minimum Gasteiger partial charge on any atom is -0.481 e. The molecule has 1 aliphatic rings. The van der Waals surface area contributed by atoms with Crippen LogP contribution in [0.2, 0.25) is 0 Å². The highest BCUT2D eigenvalue weighted by Gasteiger charge is 2.42. The van der Waals surface area contributed by atoms with Crippen molar-refractivity contribution < 1.29 is 19.4 Å². The molecular formula is C14H26N2O4. The Kier molecular flexibility index (Phi) is 6.78. The summed E-state index contributed by atoms with van der Waals surface area (Å²) in [6, 6.07) is -0.164. The second-order valence-corrected chi connectivity index (χ2v) is 5.44. The van der Waals surface area contributed by atoms with Gasteiger partial charge in [0.2, 0.25) is 0 Å². The van der Waals surface area contributed by atoms with E-state index >= 15 is 0 Å². The third-order valence-corrected chi connectivity index (χ3v) is 3.85. The van der Waals surface area contributed by atoms with E-state index < -0.39 is 11.4 Å². The van der Waals surface area contributed by atoms with E-state index in [-0.39, 0.29) is 6.03 Å². The molecule has 0 radical (unpaired) electrons. The number of carbonyl (C=O) groups excluding carboxylic acids is 1. The Bertz CT molecular complexity index is 331. The fourth-order valence-corrected chi connectivity index (χ4v) is 2.79. The number of ether oxygens (including phenoxy) is 1. The van der Waals surface area contributed by atoms with Gasteiger partial charge in [-0.1, -0.05) is 13.3 Å². The Morgan fingerprint density at radius 3 is 2.80 bits per heavy atom. The van der Waals surface area contributed by atoms with E-state index in [1.165, 1.54) is 0 Å². The summed E-state index contributed by atoms with van der Waals surface area (Å²) in [6.45, 7) is 4.09. The number of amides is 2. The minimum atomic E-state index is -0.781. The standard InChI is InChI=1S/C14H26N2O4/c1-3-6-14(12(17)18)7-4-9-16(11-14)13(19)15-8-5-10-20-2/h3-11H2,1-2H3,(H,15,19)(H,17,18). The number of nitrogens with zero attached hydrogens (tertiary/aromatic N) is 1. The number of aliphatic carboxylic acids is 1. The summed E-state index contributed by atoms with van der Waals surface area (Å²) in [5.74, 6) is -0.781. The van der Waals surface area contributed by atoms with E-state index in [0.717, 1.165) is 19.3 Å². The second kappa shape index (κ2) is 8.09. The minimum absolute atomic E-state index is 0.164. The average Bonchev–Trinajstić information content (AvgIpc) is 2.44. The third kappa shape index (κ3) is 4.37. The van der Waals surface area contributed by atoms with Gasteiger partial charge in [-0.25, -0.2) is 4.79 Å². The topological polar surface area (TPSA) is 78.9 Å². The molecular weight excluding hydrogens is 260 g/mol. The molecule has 2 N–H and O–H groups in total. The molecule has 0 saturated carbocycles. The van der Waals surface area contributed by atoms with E-state index in [2.05, 4.69) is 5.32 Å². The van der Waals surface area contributed by atoms with Gasteiger partial charge >= 0.3 is 12.0 Å². The highest BCUT2D eigenvalue weighted by atomic mass is 16.5. The molecule has 1 rings (SSSR count). The Labute approximate surface area is 120 Å². The molecule has 20 heavy (non-hydrogen) atoms. The van der Waals surface area contributed by atoms with Crippen LogP contribution in [0.15, 0.2) is 0 Å². The van der Waals surface area contributed by atoms with Crippen LogP contribution in [0.3, 0.4) is 0 Å². The highest BCUT2D eigenvalue weighted by Crippen LogP contribution is 2.35. The lowest BCUT2D eigenvalue weighted by Crippen LogP contribution is -2.52. The molecule has 1 atom stereocenters. The van der Waals surface area contributed by atoms with Crippen molar-refractivity contribution in [1.29, 1.82) is 0 Å². The number of hydrogen-bond acceptors (Lipinski definition) is 3. The summed E-state index contributed by atoms with van der Waals surface area (Å²) in [5, 5.41) is 12.3. The van der Waals surface area contributed by atoms with E-state index in [1.54, 1.807) is 12.0 Å². The lowest BCUT2D eigenvalue weighted by atomic mass is 9.76. The molecule has 1 fully saturated rings. The summed E-state index contributed by atoms with van der Waals surface area (Å²) in [5.41, 5.74) is -0.767. The number of rotatable bonds is 7. The first kappa shape index (κ1) is 16.8. The van der Waals surface area contributed by atoms with Gasteiger partial charge in [0, 0.05) is 33.4 Å². The number of methoxy groups -OCH3 is 1. The van der Waals surface area contributed by atoms with Gasteiger partial charge in [0.05, 0.1) is 5.41 Å². The SMILES string of the molecule is CCCC1(C(=O)O)CCCN(C(=O)NCCCOC)C1. The Morgan fingerprint density at radius 2 is 2.20 bits per heavy atom. The zero-order valence-electron chi connectivity index (χ0n) is 12.5. The van der Waals surface area contributed by atoms with Crippen molar-refractivity contribution in [2.75, 3.05) is 33.4 Å². The van der Waals surface area contributed by atoms with Crippen molar-refractivity contribution in [3.8, 4) is 0 Å². The summed E-state index contributed by atoms with van der Waals surface area (Å²) in [6.07, 6.45) is 3.60. The molecule has 1 unspecified atom stereocenters. The van der Waals surface area contributed by atoms with Gasteiger partial charge < -0.3 is 20.1 Å². The molecule has 1 aliphatic heterocycles. The van der Waals surface area contributed by atoms with E-state index in [1.807, 2.05) is 6.92 Å². The van der Waals surface area contributed by atoms with E-state index in [9.17, 15) is 14.7 Å². The number of carbonyl (C=O) groups is 2. The Balaban J connectivity index is 2.54. The summed E-state index contributed by atoms with van der Waals surface area (Å²) in [7, 11) is 1.62. The first-order valence-corrected chi connectivity index (χ1v) is 7.31. The number of carboxylic acid groups (broad SMARTS) is 1. The Morgan fingerprint density at radius 1 is 1.45 bits per heavy atom. The zero-order chi connectivity index (χ0) is 15.0. The third-order valence-electron chi connectivity index (χ3n) is 3.85. The van der Waals surface area contributed by atoms with Crippen molar-refractivity contribution >= 4 is 12.0 Å². The van der Waals surface area contributed by atoms with Crippen molar-refractivity contribution in [2.45, 2.75) is 39.0 Å². The molecule has 0 bridgehead atoms. The van der Waals surface area contributed by atoms with Crippen molar-refractivity contribution in [3.63, 3.8) is 0 Å². The monoisotopic (exact) mass is 286 g/mol. The summed E-state index contributed by atoms with van der Waals surface area (Å²) >= 11 is 0. The lowest BCUT2D eigenvalue weighted by molar-refractivity contribution is -0.152. The van der Waals surface area contributed by atoms with Crippen molar-refractivity contribution in [1.82, 2.24) is 10.2 Å². The molecule has 0 aromatic carbocycles. The number of piperidine rings is 1. The maximum absolute atomic E-state index is 12.1. The Hall–Kier alpha value is -1.30. The van der Waals surface area contributed by atoms with Crippen molar-refractivity contribution in [2.24, 2.45) is 5.41 Å². The predicted molar refractivity (Wildman–Crippen MR) is 75.7 cm³/mol. The van der Waals surface area contributed by atoms with Crippen LogP contribution >= 0.6 is 0 Å². The molecule has 0 aromatic heterocycles. The summed E-state index contributed by atoms with van der Waals surface area (Å²) < 4.78 is 4.92. The second-order valence-electron chi connectivity index (χ2n) is 5.44. The molecule has 6 nitrogen and oxygen atoms in total. The van der Waals surface area contributed by atoms with Crippen LogP contribution in [0.1, 0.15) is 39.0 Å². The number of urea groups is 1. The molecule has 0 aromatic rings. The van der Waals surface area contributed by atoms with Crippen LogP contribution in [0.4, 0.5) is 4.79 Å². The van der Waals surface area contributed by atoms with Crippen LogP contribution in [0.5, 0.6) is 0 Å². The average molecular weight is 286 g/mol. The first-order valence-electron chi connectivity index (χ1n) is 7.31. The molecule has 0 spiro atoms. The van der Waals surface area contributed by atoms with Gasteiger partial charge in [-0.2, -0.15) is 0 Å². The van der Waals surface area contributed by atoms with Crippen LogP contribution < -0.4 is 5.32 Å². The normalized spacial score (nSPS) is 22.6.